The minimum absolute atomic E-state index is 0.127. The number of rotatable bonds is 11. The topological polar surface area (TPSA) is 89.5 Å². The monoisotopic (exact) mass is 390 g/mol. The van der Waals surface area contributed by atoms with Crippen LogP contribution in [0.15, 0.2) is 0 Å². The van der Waals surface area contributed by atoms with Crippen molar-refractivity contribution in [3.8, 4) is 0 Å². The molecule has 1 saturated carbocycles. The highest BCUT2D eigenvalue weighted by molar-refractivity contribution is 5.61. The molecule has 1 aliphatic carbocycles. The number of carbonyl (C=O) groups is 2. The quantitative estimate of drug-likeness (QED) is 0.492. The van der Waals surface area contributed by atoms with Gasteiger partial charge in [0, 0.05) is 20.1 Å². The fourth-order valence-corrected chi connectivity index (χ4v) is 2.89. The van der Waals surface area contributed by atoms with Crippen molar-refractivity contribution in [1.82, 2.24) is 0 Å². The third-order valence-electron chi connectivity index (χ3n) is 4.42. The molecule has 27 heavy (non-hydrogen) atoms. The molecule has 1 fully saturated rings. The number of carbonyl (C=O) groups excluding carboxylic acids is 2. The first kappa shape index (κ1) is 23.5. The molecule has 158 valence electrons. The molecule has 0 bridgehead atoms. The van der Waals surface area contributed by atoms with Crippen molar-refractivity contribution < 1.29 is 38.0 Å². The second-order valence-corrected chi connectivity index (χ2v) is 6.55. The molecule has 0 amide bonds. The highest BCUT2D eigenvalue weighted by Gasteiger charge is 2.29. The van der Waals surface area contributed by atoms with Gasteiger partial charge in [0.15, 0.2) is 0 Å². The first-order chi connectivity index (χ1) is 13.0. The molecule has 8 nitrogen and oxygen atoms in total. The van der Waals surface area contributed by atoms with Crippen molar-refractivity contribution in [2.75, 3.05) is 26.9 Å². The zero-order valence-corrected chi connectivity index (χ0v) is 16.9. The van der Waals surface area contributed by atoms with Gasteiger partial charge < -0.3 is 28.4 Å². The van der Waals surface area contributed by atoms with Crippen LogP contribution in [-0.2, 0) is 28.4 Å². The van der Waals surface area contributed by atoms with E-state index in [9.17, 15) is 9.59 Å². The van der Waals surface area contributed by atoms with Gasteiger partial charge in [0.2, 0.25) is 0 Å². The van der Waals surface area contributed by atoms with E-state index in [1.807, 2.05) is 20.8 Å². The highest BCUT2D eigenvalue weighted by atomic mass is 16.7. The van der Waals surface area contributed by atoms with Gasteiger partial charge in [-0.2, -0.15) is 0 Å². The summed E-state index contributed by atoms with van der Waals surface area (Å²) in [4.78, 5) is 23.8. The molecule has 1 aliphatic rings. The van der Waals surface area contributed by atoms with Gasteiger partial charge in [-0.05, 0) is 39.0 Å². The van der Waals surface area contributed by atoms with E-state index in [0.717, 1.165) is 12.8 Å². The van der Waals surface area contributed by atoms with Crippen molar-refractivity contribution in [3.63, 3.8) is 0 Å². The maximum Gasteiger partial charge on any atom is 0.508 e. The lowest BCUT2D eigenvalue weighted by atomic mass is 9.95. The summed E-state index contributed by atoms with van der Waals surface area (Å²) in [6.45, 7) is 6.83. The molecule has 0 N–H and O–H groups in total. The SMILES string of the molecule is CCOC(CC)COC(=O)OC1CCC[C@@H](OC(=O)OC(CC)COC)C1. The van der Waals surface area contributed by atoms with Crippen LogP contribution >= 0.6 is 0 Å². The lowest BCUT2D eigenvalue weighted by molar-refractivity contribution is -0.0587. The average Bonchev–Trinajstić information content (AvgIpc) is 2.64. The van der Waals surface area contributed by atoms with Crippen molar-refractivity contribution in [2.45, 2.75) is 83.7 Å². The zero-order valence-electron chi connectivity index (χ0n) is 16.9. The van der Waals surface area contributed by atoms with Gasteiger partial charge in [0.1, 0.15) is 24.9 Å². The van der Waals surface area contributed by atoms with Crippen LogP contribution in [0, 0.1) is 0 Å². The van der Waals surface area contributed by atoms with Gasteiger partial charge in [-0.3, -0.25) is 0 Å². The van der Waals surface area contributed by atoms with Crippen LogP contribution in [0.2, 0.25) is 0 Å². The van der Waals surface area contributed by atoms with Crippen LogP contribution in [0.5, 0.6) is 0 Å². The summed E-state index contributed by atoms with van der Waals surface area (Å²) in [6, 6.07) is 0. The second kappa shape index (κ2) is 13.6. The number of methoxy groups -OCH3 is 1. The van der Waals surface area contributed by atoms with Crippen LogP contribution in [0.25, 0.3) is 0 Å². The molecule has 3 unspecified atom stereocenters. The van der Waals surface area contributed by atoms with Crippen LogP contribution in [0.1, 0.15) is 59.3 Å². The van der Waals surface area contributed by atoms with E-state index in [1.165, 1.54) is 0 Å². The van der Waals surface area contributed by atoms with E-state index in [4.69, 9.17) is 28.4 Å². The van der Waals surface area contributed by atoms with E-state index in [0.29, 0.717) is 38.9 Å². The van der Waals surface area contributed by atoms with Gasteiger partial charge in [-0.25, -0.2) is 9.59 Å². The largest absolute Gasteiger partial charge is 0.508 e. The van der Waals surface area contributed by atoms with Crippen LogP contribution in [0.3, 0.4) is 0 Å². The van der Waals surface area contributed by atoms with Crippen molar-refractivity contribution in [1.29, 1.82) is 0 Å². The van der Waals surface area contributed by atoms with Gasteiger partial charge in [-0.15, -0.1) is 0 Å². The fraction of sp³-hybridized carbons (Fsp3) is 0.895. The van der Waals surface area contributed by atoms with Gasteiger partial charge in [-0.1, -0.05) is 13.8 Å². The Balaban J connectivity index is 2.34. The normalized spacial score (nSPS) is 21.8. The maximum absolute atomic E-state index is 11.9. The predicted octanol–water partition coefficient (Wildman–Crippen LogP) is 3.84. The van der Waals surface area contributed by atoms with Crippen LogP contribution in [-0.4, -0.2) is 63.7 Å². The molecule has 0 saturated heterocycles. The lowest BCUT2D eigenvalue weighted by Crippen LogP contribution is -2.33. The second-order valence-electron chi connectivity index (χ2n) is 6.55. The van der Waals surface area contributed by atoms with E-state index >= 15 is 0 Å². The van der Waals surface area contributed by atoms with Gasteiger partial charge >= 0.3 is 12.3 Å². The summed E-state index contributed by atoms with van der Waals surface area (Å²) in [5.74, 6) is 0. The van der Waals surface area contributed by atoms with Crippen LogP contribution < -0.4 is 0 Å². The standard InChI is InChI=1S/C19H34O8/c1-5-14(23-7-3)13-24-18(20)26-16-9-8-10-17(11-16)27-19(21)25-15(6-2)12-22-4/h14-17H,5-13H2,1-4H3/t14?,15?,16?,17-/m1/s1. The van der Waals surface area contributed by atoms with Gasteiger partial charge in [0.05, 0.1) is 12.7 Å². The Bertz CT molecular complexity index is 428. The number of hydrogen-bond acceptors (Lipinski definition) is 8. The van der Waals surface area contributed by atoms with Crippen molar-refractivity contribution in [2.24, 2.45) is 0 Å². The molecule has 0 radical (unpaired) electrons. The number of ether oxygens (including phenoxy) is 6. The molecular formula is C19H34O8. The minimum atomic E-state index is -0.715. The Morgan fingerprint density at radius 2 is 1.56 bits per heavy atom. The van der Waals surface area contributed by atoms with E-state index in [-0.39, 0.29) is 31.0 Å². The maximum atomic E-state index is 11.9. The summed E-state index contributed by atoms with van der Waals surface area (Å²) in [7, 11) is 1.55. The summed E-state index contributed by atoms with van der Waals surface area (Å²) < 4.78 is 31.5. The highest BCUT2D eigenvalue weighted by Crippen LogP contribution is 2.24. The molecule has 0 aromatic carbocycles. The lowest BCUT2D eigenvalue weighted by Gasteiger charge is -2.28. The van der Waals surface area contributed by atoms with E-state index in [1.54, 1.807) is 7.11 Å². The Morgan fingerprint density at radius 3 is 2.11 bits per heavy atom. The first-order valence-corrected chi connectivity index (χ1v) is 9.83. The molecule has 4 atom stereocenters. The summed E-state index contributed by atoms with van der Waals surface area (Å²) in [5.41, 5.74) is 0. The first-order valence-electron chi connectivity index (χ1n) is 9.83. The molecule has 0 aliphatic heterocycles. The van der Waals surface area contributed by atoms with Gasteiger partial charge in [0.25, 0.3) is 0 Å². The molecular weight excluding hydrogens is 356 g/mol. The third kappa shape index (κ3) is 9.81. The molecule has 0 heterocycles. The Kier molecular flexibility index (Phi) is 11.8. The smallest absolute Gasteiger partial charge is 0.432 e. The zero-order chi connectivity index (χ0) is 20.1. The Hall–Kier alpha value is -1.54. The summed E-state index contributed by atoms with van der Waals surface area (Å²) in [6.07, 6.45) is 1.51. The molecule has 0 aromatic heterocycles. The van der Waals surface area contributed by atoms with E-state index in [2.05, 4.69) is 0 Å². The predicted molar refractivity (Wildman–Crippen MR) is 97.7 cm³/mol. The molecule has 1 rings (SSSR count). The summed E-state index contributed by atoms with van der Waals surface area (Å²) in [5, 5.41) is 0. The van der Waals surface area contributed by atoms with Crippen LogP contribution in [0.4, 0.5) is 9.59 Å². The Morgan fingerprint density at radius 1 is 0.926 bits per heavy atom. The Labute approximate surface area is 161 Å². The molecule has 0 spiro atoms. The van der Waals surface area contributed by atoms with Crippen molar-refractivity contribution in [3.05, 3.63) is 0 Å². The average molecular weight is 390 g/mol. The van der Waals surface area contributed by atoms with E-state index < -0.39 is 12.3 Å². The van der Waals surface area contributed by atoms with Crippen molar-refractivity contribution >= 4 is 12.3 Å². The third-order valence-corrected chi connectivity index (χ3v) is 4.42. The summed E-state index contributed by atoms with van der Waals surface area (Å²) >= 11 is 0. The molecule has 8 heteroatoms. The molecule has 0 aromatic rings. The fourth-order valence-electron chi connectivity index (χ4n) is 2.89. The number of hydrogen-bond donors (Lipinski definition) is 0. The minimum Gasteiger partial charge on any atom is -0.432 e.